The number of carbonyl (C=O) groups excluding carboxylic acids is 2. The second-order valence-electron chi connectivity index (χ2n) is 6.80. The molecule has 0 bridgehead atoms. The lowest BCUT2D eigenvalue weighted by Gasteiger charge is -2.27. The highest BCUT2D eigenvalue weighted by Crippen LogP contribution is 2.33. The molecule has 146 valence electrons. The zero-order chi connectivity index (χ0) is 20.8. The van der Waals surface area contributed by atoms with Gasteiger partial charge in [-0.25, -0.2) is 13.3 Å². The molecular formula is C22H16BrNO4S. The molecule has 0 spiro atoms. The first-order valence-electron chi connectivity index (χ1n) is 8.81. The molecule has 2 amide bonds. The van der Waals surface area contributed by atoms with Gasteiger partial charge in [0, 0.05) is 16.3 Å². The van der Waals surface area contributed by atoms with Gasteiger partial charge >= 0.3 is 0 Å². The van der Waals surface area contributed by atoms with Crippen molar-refractivity contribution in [1.29, 1.82) is 0 Å². The van der Waals surface area contributed by atoms with E-state index in [2.05, 4.69) is 15.9 Å². The Morgan fingerprint density at radius 3 is 2.28 bits per heavy atom. The van der Waals surface area contributed by atoms with E-state index in [9.17, 15) is 18.0 Å². The van der Waals surface area contributed by atoms with Crippen LogP contribution in [0.25, 0.3) is 11.1 Å². The summed E-state index contributed by atoms with van der Waals surface area (Å²) in [5.74, 6) is -0.683. The van der Waals surface area contributed by atoms with Gasteiger partial charge in [-0.2, -0.15) is 0 Å². The molecular weight excluding hydrogens is 454 g/mol. The molecule has 0 unspecified atom stereocenters. The molecule has 5 nitrogen and oxygen atoms in total. The second kappa shape index (κ2) is 7.24. The fraction of sp³-hybridized carbons (Fsp3) is 0.0909. The average molecular weight is 470 g/mol. The number of sulfone groups is 1. The molecule has 7 heteroatoms. The van der Waals surface area contributed by atoms with Crippen LogP contribution in [0.4, 0.5) is 5.69 Å². The molecule has 0 N–H and O–H groups in total. The van der Waals surface area contributed by atoms with Gasteiger partial charge in [-0.3, -0.25) is 9.59 Å². The highest BCUT2D eigenvalue weighted by atomic mass is 79.9. The number of anilines is 1. The first-order chi connectivity index (χ1) is 13.8. The van der Waals surface area contributed by atoms with Gasteiger partial charge in [-0.15, -0.1) is 0 Å². The minimum absolute atomic E-state index is 0.138. The van der Waals surface area contributed by atoms with Gasteiger partial charge in [0.05, 0.1) is 22.6 Å². The average Bonchev–Trinajstić information content (AvgIpc) is 2.67. The number of imide groups is 1. The summed E-state index contributed by atoms with van der Waals surface area (Å²) >= 11 is 3.40. The Bertz CT molecular complexity index is 1250. The SMILES string of the molecule is CS(=O)(=O)c1ccccc1-c1ccc(N2C(=O)Cc3cccc(Br)c3C2=O)cc1. The van der Waals surface area contributed by atoms with Crippen LogP contribution in [0.15, 0.2) is 76.1 Å². The Labute approximate surface area is 177 Å². The van der Waals surface area contributed by atoms with Gasteiger partial charge < -0.3 is 0 Å². The van der Waals surface area contributed by atoms with Crippen LogP contribution in [0.1, 0.15) is 15.9 Å². The maximum atomic E-state index is 13.0. The summed E-state index contributed by atoms with van der Waals surface area (Å²) in [6, 6.07) is 18.8. The minimum atomic E-state index is -3.39. The summed E-state index contributed by atoms with van der Waals surface area (Å²) in [6.45, 7) is 0. The maximum absolute atomic E-state index is 13.0. The molecule has 29 heavy (non-hydrogen) atoms. The fourth-order valence-electron chi connectivity index (χ4n) is 3.50. The molecule has 0 radical (unpaired) electrons. The van der Waals surface area contributed by atoms with E-state index < -0.39 is 9.84 Å². The summed E-state index contributed by atoms with van der Waals surface area (Å²) in [5.41, 5.74) is 2.89. The van der Waals surface area contributed by atoms with Crippen molar-refractivity contribution in [1.82, 2.24) is 0 Å². The van der Waals surface area contributed by atoms with Gasteiger partial charge in [0.1, 0.15) is 0 Å². The van der Waals surface area contributed by atoms with E-state index in [0.717, 1.165) is 0 Å². The Balaban J connectivity index is 1.74. The number of rotatable bonds is 3. The molecule has 0 saturated heterocycles. The zero-order valence-electron chi connectivity index (χ0n) is 15.4. The van der Waals surface area contributed by atoms with Crippen molar-refractivity contribution in [3.8, 4) is 11.1 Å². The van der Waals surface area contributed by atoms with E-state index in [1.54, 1.807) is 66.7 Å². The summed E-state index contributed by atoms with van der Waals surface area (Å²) in [5, 5.41) is 0. The summed E-state index contributed by atoms with van der Waals surface area (Å²) < 4.78 is 24.8. The fourth-order valence-corrected chi connectivity index (χ4v) is 4.99. The molecule has 1 aliphatic rings. The second-order valence-corrected chi connectivity index (χ2v) is 9.64. The lowest BCUT2D eigenvalue weighted by molar-refractivity contribution is -0.117. The smallest absolute Gasteiger partial charge is 0.266 e. The molecule has 1 aliphatic heterocycles. The van der Waals surface area contributed by atoms with E-state index in [1.807, 2.05) is 0 Å². The van der Waals surface area contributed by atoms with Crippen LogP contribution < -0.4 is 4.90 Å². The zero-order valence-corrected chi connectivity index (χ0v) is 17.8. The third-order valence-electron chi connectivity index (χ3n) is 4.83. The minimum Gasteiger partial charge on any atom is -0.274 e. The van der Waals surface area contributed by atoms with Crippen LogP contribution in [0.2, 0.25) is 0 Å². The van der Waals surface area contributed by atoms with Crippen LogP contribution in [-0.2, 0) is 21.1 Å². The van der Waals surface area contributed by atoms with Crippen molar-refractivity contribution in [2.24, 2.45) is 0 Å². The van der Waals surface area contributed by atoms with Gasteiger partial charge in [0.15, 0.2) is 9.84 Å². The van der Waals surface area contributed by atoms with Gasteiger partial charge in [-0.1, -0.05) is 42.5 Å². The monoisotopic (exact) mass is 469 g/mol. The molecule has 0 atom stereocenters. The first kappa shape index (κ1) is 19.5. The highest BCUT2D eigenvalue weighted by Gasteiger charge is 2.33. The largest absolute Gasteiger partial charge is 0.274 e. The number of nitrogens with zero attached hydrogens (tertiary/aromatic N) is 1. The number of fused-ring (bicyclic) bond motifs is 1. The lowest BCUT2D eigenvalue weighted by atomic mass is 9.97. The highest BCUT2D eigenvalue weighted by molar-refractivity contribution is 9.10. The van der Waals surface area contributed by atoms with Gasteiger partial charge in [0.25, 0.3) is 5.91 Å². The van der Waals surface area contributed by atoms with Crippen LogP contribution in [0.5, 0.6) is 0 Å². The summed E-state index contributed by atoms with van der Waals surface area (Å²) in [4.78, 5) is 27.0. The van der Waals surface area contributed by atoms with E-state index in [4.69, 9.17) is 0 Å². The number of benzene rings is 3. The third-order valence-corrected chi connectivity index (χ3v) is 6.65. The van der Waals surface area contributed by atoms with Crippen molar-refractivity contribution >= 4 is 43.3 Å². The van der Waals surface area contributed by atoms with Crippen molar-refractivity contribution in [2.45, 2.75) is 11.3 Å². The Kier molecular flexibility index (Phi) is 4.88. The topological polar surface area (TPSA) is 71.5 Å². The number of halogens is 1. The van der Waals surface area contributed by atoms with Crippen LogP contribution in [0, 0.1) is 0 Å². The molecule has 0 saturated carbocycles. The van der Waals surface area contributed by atoms with E-state index in [1.165, 1.54) is 11.2 Å². The van der Waals surface area contributed by atoms with Crippen molar-refractivity contribution in [3.05, 3.63) is 82.3 Å². The summed E-state index contributed by atoms with van der Waals surface area (Å²) in [6.07, 6.45) is 1.31. The Morgan fingerprint density at radius 2 is 1.59 bits per heavy atom. The first-order valence-corrected chi connectivity index (χ1v) is 11.5. The Hall–Kier alpha value is -2.77. The van der Waals surface area contributed by atoms with Crippen molar-refractivity contribution in [2.75, 3.05) is 11.2 Å². The molecule has 3 aromatic carbocycles. The molecule has 1 heterocycles. The van der Waals surface area contributed by atoms with Gasteiger partial charge in [0.2, 0.25) is 5.91 Å². The van der Waals surface area contributed by atoms with E-state index >= 15 is 0 Å². The quantitative estimate of drug-likeness (QED) is 0.537. The molecule has 3 aromatic rings. The lowest BCUT2D eigenvalue weighted by Crippen LogP contribution is -2.42. The van der Waals surface area contributed by atoms with E-state index in [-0.39, 0.29) is 23.1 Å². The van der Waals surface area contributed by atoms with Crippen LogP contribution in [-0.4, -0.2) is 26.5 Å². The number of carbonyl (C=O) groups is 2. The summed E-state index contributed by atoms with van der Waals surface area (Å²) in [7, 11) is -3.39. The maximum Gasteiger partial charge on any atom is 0.266 e. The number of hydrogen-bond donors (Lipinski definition) is 0. The molecule has 4 rings (SSSR count). The predicted octanol–water partition coefficient (Wildman–Crippen LogP) is 4.25. The Morgan fingerprint density at radius 1 is 0.897 bits per heavy atom. The van der Waals surface area contributed by atoms with Crippen molar-refractivity contribution < 1.29 is 18.0 Å². The molecule has 0 aliphatic carbocycles. The third kappa shape index (κ3) is 3.52. The van der Waals surface area contributed by atoms with Crippen molar-refractivity contribution in [3.63, 3.8) is 0 Å². The number of amides is 2. The predicted molar refractivity (Wildman–Crippen MR) is 115 cm³/mol. The van der Waals surface area contributed by atoms with Crippen LogP contribution >= 0.6 is 15.9 Å². The normalized spacial score (nSPS) is 14.1. The number of hydrogen-bond acceptors (Lipinski definition) is 4. The molecule has 0 aromatic heterocycles. The van der Waals surface area contributed by atoms with E-state index in [0.29, 0.717) is 32.4 Å². The standard InChI is InChI=1S/C22H16BrNO4S/c1-29(27,28)19-8-3-2-6-17(19)14-9-11-16(12-10-14)24-20(25)13-15-5-4-7-18(23)21(15)22(24)26/h2-12H,13H2,1H3. The van der Waals surface area contributed by atoms with Gasteiger partial charge in [-0.05, 0) is 51.3 Å². The van der Waals surface area contributed by atoms with Crippen LogP contribution in [0.3, 0.4) is 0 Å². The molecule has 0 fully saturated rings.